The van der Waals surface area contributed by atoms with Gasteiger partial charge in [0.2, 0.25) is 0 Å². The summed E-state index contributed by atoms with van der Waals surface area (Å²) in [6.07, 6.45) is 0.313. The van der Waals surface area contributed by atoms with Gasteiger partial charge >= 0.3 is 0 Å². The van der Waals surface area contributed by atoms with E-state index in [-0.39, 0.29) is 17.4 Å². The molecule has 16 heavy (non-hydrogen) atoms. The van der Waals surface area contributed by atoms with Gasteiger partial charge in [-0.15, -0.1) is 0 Å². The maximum atomic E-state index is 13.1. The van der Waals surface area contributed by atoms with Crippen molar-refractivity contribution in [2.24, 2.45) is 5.92 Å². The molecule has 0 radical (unpaired) electrons. The zero-order valence-corrected chi connectivity index (χ0v) is 9.07. The first-order valence-electron chi connectivity index (χ1n) is 4.84. The molecule has 0 bridgehead atoms. The number of rotatable bonds is 4. The number of halogens is 1. The molecule has 0 aromatic heterocycles. The summed E-state index contributed by atoms with van der Waals surface area (Å²) in [5.41, 5.74) is 0.181. The number of non-ortho nitro benzene ring substituents is 1. The average Bonchev–Trinajstić information content (AvgIpc) is 2.16. The Bertz CT molecular complexity index is 431. The number of carbonyl (C=O) groups is 1. The molecule has 0 saturated carbocycles. The van der Waals surface area contributed by atoms with Crippen LogP contribution >= 0.6 is 0 Å². The fraction of sp³-hybridized carbons (Fsp3) is 0.364. The van der Waals surface area contributed by atoms with Gasteiger partial charge in [-0.1, -0.05) is 6.92 Å². The zero-order valence-electron chi connectivity index (χ0n) is 9.07. The van der Waals surface area contributed by atoms with Crippen LogP contribution in [0.15, 0.2) is 18.2 Å². The van der Waals surface area contributed by atoms with Crippen LogP contribution < -0.4 is 0 Å². The Morgan fingerprint density at radius 1 is 1.50 bits per heavy atom. The molecule has 0 heterocycles. The Morgan fingerprint density at radius 3 is 2.62 bits per heavy atom. The van der Waals surface area contributed by atoms with Crippen LogP contribution in [0.5, 0.6) is 0 Å². The van der Waals surface area contributed by atoms with Gasteiger partial charge in [0, 0.05) is 12.0 Å². The van der Waals surface area contributed by atoms with Gasteiger partial charge in [-0.25, -0.2) is 4.39 Å². The minimum atomic E-state index is -0.653. The van der Waals surface area contributed by atoms with Crippen molar-refractivity contribution in [2.45, 2.75) is 20.3 Å². The lowest BCUT2D eigenvalue weighted by molar-refractivity contribution is -0.385. The predicted molar refractivity (Wildman–Crippen MR) is 56.6 cm³/mol. The number of nitro benzene ring substituents is 1. The number of nitro groups is 1. The lowest BCUT2D eigenvalue weighted by Crippen LogP contribution is -2.09. The van der Waals surface area contributed by atoms with E-state index < -0.39 is 10.7 Å². The first-order chi connectivity index (χ1) is 7.40. The first-order valence-corrected chi connectivity index (χ1v) is 4.84. The SMILES string of the molecule is CC(=O)C(C)Cc1cc(F)cc([N+](=O)[O-])c1. The summed E-state index contributed by atoms with van der Waals surface area (Å²) < 4.78 is 13.1. The van der Waals surface area contributed by atoms with Gasteiger partial charge in [-0.3, -0.25) is 14.9 Å². The molecule has 0 aliphatic rings. The molecule has 86 valence electrons. The third-order valence-corrected chi connectivity index (χ3v) is 2.39. The Balaban J connectivity index is 2.97. The number of carbonyl (C=O) groups excluding carboxylic acids is 1. The average molecular weight is 225 g/mol. The smallest absolute Gasteiger partial charge is 0.272 e. The molecular weight excluding hydrogens is 213 g/mol. The van der Waals surface area contributed by atoms with Gasteiger partial charge in [0.05, 0.1) is 11.0 Å². The van der Waals surface area contributed by atoms with Crippen LogP contribution in [0.2, 0.25) is 0 Å². The normalized spacial score (nSPS) is 12.2. The largest absolute Gasteiger partial charge is 0.300 e. The second kappa shape index (κ2) is 4.83. The van der Waals surface area contributed by atoms with Crippen molar-refractivity contribution in [1.82, 2.24) is 0 Å². The lowest BCUT2D eigenvalue weighted by Gasteiger charge is -2.07. The second-order valence-electron chi connectivity index (χ2n) is 3.79. The van der Waals surface area contributed by atoms with Crippen LogP contribution in [0.4, 0.5) is 10.1 Å². The summed E-state index contributed by atoms with van der Waals surface area (Å²) in [7, 11) is 0. The number of nitrogens with zero attached hydrogens (tertiary/aromatic N) is 1. The molecule has 1 aromatic rings. The molecule has 4 nitrogen and oxygen atoms in total. The van der Waals surface area contributed by atoms with Crippen LogP contribution in [-0.4, -0.2) is 10.7 Å². The standard InChI is InChI=1S/C11H12FNO3/c1-7(8(2)14)3-9-4-10(12)6-11(5-9)13(15)16/h4-7H,3H2,1-2H3. The third-order valence-electron chi connectivity index (χ3n) is 2.39. The summed E-state index contributed by atoms with van der Waals surface area (Å²) in [5.74, 6) is -0.937. The molecule has 0 aliphatic carbocycles. The van der Waals surface area contributed by atoms with Crippen molar-refractivity contribution < 1.29 is 14.1 Å². The van der Waals surface area contributed by atoms with Crippen LogP contribution in [0, 0.1) is 21.8 Å². The molecular formula is C11H12FNO3. The van der Waals surface area contributed by atoms with E-state index in [0.29, 0.717) is 12.0 Å². The van der Waals surface area contributed by atoms with E-state index in [1.165, 1.54) is 19.1 Å². The van der Waals surface area contributed by atoms with Crippen molar-refractivity contribution in [3.05, 3.63) is 39.7 Å². The van der Waals surface area contributed by atoms with Crippen LogP contribution in [0.3, 0.4) is 0 Å². The highest BCUT2D eigenvalue weighted by atomic mass is 19.1. The highest BCUT2D eigenvalue weighted by molar-refractivity contribution is 5.78. The van der Waals surface area contributed by atoms with Crippen molar-refractivity contribution in [3.63, 3.8) is 0 Å². The Hall–Kier alpha value is -1.78. The third kappa shape index (κ3) is 3.12. The Morgan fingerprint density at radius 2 is 2.12 bits per heavy atom. The van der Waals surface area contributed by atoms with Crippen molar-refractivity contribution in [2.75, 3.05) is 0 Å². The molecule has 5 heteroatoms. The molecule has 0 amide bonds. The van der Waals surface area contributed by atoms with Crippen LogP contribution in [-0.2, 0) is 11.2 Å². The minimum Gasteiger partial charge on any atom is -0.300 e. The zero-order chi connectivity index (χ0) is 12.3. The van der Waals surface area contributed by atoms with Gasteiger partial charge in [-0.05, 0) is 25.0 Å². The van der Waals surface area contributed by atoms with Crippen molar-refractivity contribution >= 4 is 11.5 Å². The van der Waals surface area contributed by atoms with E-state index in [2.05, 4.69) is 0 Å². The van der Waals surface area contributed by atoms with Crippen molar-refractivity contribution in [1.29, 1.82) is 0 Å². The fourth-order valence-corrected chi connectivity index (χ4v) is 1.35. The maximum Gasteiger partial charge on any atom is 0.272 e. The van der Waals surface area contributed by atoms with Gasteiger partial charge in [0.1, 0.15) is 11.6 Å². The van der Waals surface area contributed by atoms with E-state index in [1.54, 1.807) is 6.92 Å². The van der Waals surface area contributed by atoms with Gasteiger partial charge < -0.3 is 0 Å². The van der Waals surface area contributed by atoms with Gasteiger partial charge in [0.15, 0.2) is 0 Å². The maximum absolute atomic E-state index is 13.1. The molecule has 0 spiro atoms. The Kier molecular flexibility index (Phi) is 3.71. The molecule has 0 fully saturated rings. The molecule has 1 aromatic carbocycles. The summed E-state index contributed by atoms with van der Waals surface area (Å²) in [6.45, 7) is 3.15. The van der Waals surface area contributed by atoms with E-state index in [4.69, 9.17) is 0 Å². The van der Waals surface area contributed by atoms with Crippen LogP contribution in [0.25, 0.3) is 0 Å². The number of ketones is 1. The summed E-state index contributed by atoms with van der Waals surface area (Å²) >= 11 is 0. The molecule has 0 N–H and O–H groups in total. The van der Waals surface area contributed by atoms with Crippen molar-refractivity contribution in [3.8, 4) is 0 Å². The topological polar surface area (TPSA) is 60.2 Å². The molecule has 0 aliphatic heterocycles. The van der Waals surface area contributed by atoms with Crippen LogP contribution in [0.1, 0.15) is 19.4 Å². The monoisotopic (exact) mass is 225 g/mol. The van der Waals surface area contributed by atoms with E-state index in [0.717, 1.165) is 6.07 Å². The molecule has 1 rings (SSSR count). The number of hydrogen-bond acceptors (Lipinski definition) is 3. The van der Waals surface area contributed by atoms with E-state index in [1.807, 2.05) is 0 Å². The van der Waals surface area contributed by atoms with Gasteiger partial charge in [0.25, 0.3) is 5.69 Å². The van der Waals surface area contributed by atoms with E-state index in [9.17, 15) is 19.3 Å². The van der Waals surface area contributed by atoms with Gasteiger partial charge in [-0.2, -0.15) is 0 Å². The second-order valence-corrected chi connectivity index (χ2v) is 3.79. The number of Topliss-reactive ketones (excluding diaryl/α,β-unsaturated/α-hetero) is 1. The first kappa shape index (κ1) is 12.3. The number of hydrogen-bond donors (Lipinski definition) is 0. The number of benzene rings is 1. The summed E-state index contributed by atoms with van der Waals surface area (Å²) in [5, 5.41) is 10.5. The summed E-state index contributed by atoms with van der Waals surface area (Å²) in [4.78, 5) is 20.9. The Labute approximate surface area is 92.2 Å². The highest BCUT2D eigenvalue weighted by Crippen LogP contribution is 2.19. The molecule has 0 saturated heterocycles. The quantitative estimate of drug-likeness (QED) is 0.584. The lowest BCUT2D eigenvalue weighted by atomic mass is 9.97. The minimum absolute atomic E-state index is 0.0214. The predicted octanol–water partition coefficient (Wildman–Crippen LogP) is 2.50. The van der Waals surface area contributed by atoms with E-state index >= 15 is 0 Å². The molecule has 1 unspecified atom stereocenters. The fourth-order valence-electron chi connectivity index (χ4n) is 1.35. The summed E-state index contributed by atoms with van der Waals surface area (Å²) in [6, 6.07) is 3.37. The highest BCUT2D eigenvalue weighted by Gasteiger charge is 2.13. The molecule has 1 atom stereocenters.